The molecule has 0 radical (unpaired) electrons. The van der Waals surface area contributed by atoms with E-state index in [4.69, 9.17) is 31.5 Å². The van der Waals surface area contributed by atoms with Crippen molar-refractivity contribution in [2.24, 2.45) is 0 Å². The topological polar surface area (TPSA) is 298 Å². The van der Waals surface area contributed by atoms with E-state index in [1.54, 1.807) is 18.2 Å². The van der Waals surface area contributed by atoms with Gasteiger partial charge in [0.2, 0.25) is 29.5 Å². The Labute approximate surface area is 432 Å². The average Bonchev–Trinajstić information content (AvgIpc) is 4.12. The molecule has 398 valence electrons. The van der Waals surface area contributed by atoms with Crippen molar-refractivity contribution in [3.05, 3.63) is 23.8 Å². The van der Waals surface area contributed by atoms with Crippen LogP contribution in [0.2, 0.25) is 0 Å². The van der Waals surface area contributed by atoms with E-state index >= 15 is 0 Å². The van der Waals surface area contributed by atoms with Crippen molar-refractivity contribution in [1.29, 1.82) is 10.8 Å². The van der Waals surface area contributed by atoms with E-state index in [0.717, 1.165) is 50.0 Å². The van der Waals surface area contributed by atoms with Crippen LogP contribution >= 0.6 is 23.5 Å². The van der Waals surface area contributed by atoms with Crippen molar-refractivity contribution >= 4 is 82.3 Å². The molecule has 0 saturated carbocycles. The number of carbonyl (C=O) groups excluding carboxylic acids is 6. The fraction of sp³-hybridized carbons (Fsp3) is 0.673. The molecule has 21 nitrogen and oxygen atoms in total. The van der Waals surface area contributed by atoms with Gasteiger partial charge in [-0.2, -0.15) is 23.5 Å². The van der Waals surface area contributed by atoms with Crippen molar-refractivity contribution in [2.45, 2.75) is 131 Å². The number of hydrogen-bond acceptors (Lipinski definition) is 13. The van der Waals surface area contributed by atoms with Crippen molar-refractivity contribution in [3.63, 3.8) is 0 Å². The van der Waals surface area contributed by atoms with E-state index in [9.17, 15) is 28.8 Å². The number of benzene rings is 1. The van der Waals surface area contributed by atoms with Crippen molar-refractivity contribution in [1.82, 2.24) is 42.5 Å². The van der Waals surface area contributed by atoms with Gasteiger partial charge in [-0.25, -0.2) is 0 Å². The molecule has 4 heterocycles. The largest absolute Gasteiger partial charge is 0.379 e. The molecule has 1 aromatic rings. The van der Waals surface area contributed by atoms with E-state index in [0.29, 0.717) is 117 Å². The minimum atomic E-state index is -0.427. The van der Waals surface area contributed by atoms with Crippen LogP contribution in [0, 0.1) is 23.2 Å². The van der Waals surface area contributed by atoms with Gasteiger partial charge in [0, 0.05) is 90.7 Å². The number of rotatable bonds is 36. The van der Waals surface area contributed by atoms with Gasteiger partial charge in [0.25, 0.3) is 5.91 Å². The van der Waals surface area contributed by atoms with Crippen molar-refractivity contribution in [2.75, 3.05) is 88.0 Å². The second-order valence-electron chi connectivity index (χ2n) is 18.2. The molecule has 4 aliphatic rings. The summed E-state index contributed by atoms with van der Waals surface area (Å²) in [6.45, 7) is 3.01. The first-order chi connectivity index (χ1) is 35.0. The number of hydrogen-bond donors (Lipinski definition) is 12. The van der Waals surface area contributed by atoms with Gasteiger partial charge in [-0.05, 0) is 69.6 Å². The Hall–Kier alpha value is -5.28. The van der Waals surface area contributed by atoms with Gasteiger partial charge in [0.1, 0.15) is 0 Å². The summed E-state index contributed by atoms with van der Waals surface area (Å²) in [6.07, 6.45) is 14.4. The Morgan fingerprint density at radius 3 is 1.51 bits per heavy atom. The van der Waals surface area contributed by atoms with E-state index in [2.05, 4.69) is 59.1 Å². The first-order valence-electron chi connectivity index (χ1n) is 25.4. The van der Waals surface area contributed by atoms with Gasteiger partial charge in [0.05, 0.1) is 70.4 Å². The Bertz CT molecular complexity index is 1910. The first-order valence-corrected chi connectivity index (χ1v) is 27.5. The highest BCUT2D eigenvalue weighted by molar-refractivity contribution is 8.00. The van der Waals surface area contributed by atoms with Crippen LogP contribution in [0.15, 0.2) is 18.2 Å². The molecule has 0 aliphatic carbocycles. The second-order valence-corrected chi connectivity index (χ2v) is 20.7. The number of unbranched alkanes of at least 4 members (excludes halogenated alkanes) is 4. The van der Waals surface area contributed by atoms with E-state index in [1.165, 1.54) is 0 Å². The lowest BCUT2D eigenvalue weighted by atomic mass is 10.0. The number of fused-ring (bicyclic) bond motifs is 2. The van der Waals surface area contributed by atoms with Crippen LogP contribution in [0.25, 0.3) is 0 Å². The van der Waals surface area contributed by atoms with Gasteiger partial charge >= 0.3 is 0 Å². The lowest BCUT2D eigenvalue weighted by Crippen LogP contribution is -2.36. The molecule has 72 heavy (non-hydrogen) atoms. The number of amides is 6. The third-order valence-corrected chi connectivity index (χ3v) is 15.4. The Morgan fingerprint density at radius 2 is 1.00 bits per heavy atom. The molecule has 6 unspecified atom stereocenters. The fourth-order valence-electron chi connectivity index (χ4n) is 8.70. The molecule has 23 heteroatoms. The molecule has 0 spiro atoms. The number of nitrogens with one attached hydrogen (secondary N) is 12. The van der Waals surface area contributed by atoms with Crippen LogP contribution in [0.1, 0.15) is 107 Å². The monoisotopic (exact) mass is 1040 g/mol. The van der Waals surface area contributed by atoms with Gasteiger partial charge in [-0.1, -0.05) is 18.8 Å². The smallest absolute Gasteiger partial charge is 0.251 e. The highest BCUT2D eigenvalue weighted by Gasteiger charge is 2.42. The highest BCUT2D eigenvalue weighted by atomic mass is 32.2. The van der Waals surface area contributed by atoms with Crippen LogP contribution in [0.4, 0.5) is 11.4 Å². The minimum Gasteiger partial charge on any atom is -0.379 e. The molecule has 12 N–H and O–H groups in total. The Morgan fingerprint density at radius 1 is 0.542 bits per heavy atom. The third-order valence-electron chi connectivity index (χ3n) is 12.4. The lowest BCUT2D eigenvalue weighted by molar-refractivity contribution is -0.122. The predicted molar refractivity (Wildman–Crippen MR) is 281 cm³/mol. The zero-order chi connectivity index (χ0) is 51.3. The van der Waals surface area contributed by atoms with Gasteiger partial charge in [-0.15, -0.1) is 6.42 Å². The number of terminal acetylenes is 1. The fourth-order valence-corrected chi connectivity index (χ4v) is 11.8. The zero-order valence-corrected chi connectivity index (χ0v) is 43.0. The third kappa shape index (κ3) is 21.8. The highest BCUT2D eigenvalue weighted by Crippen LogP contribution is 2.34. The maximum Gasteiger partial charge on any atom is 0.251 e. The van der Waals surface area contributed by atoms with Crippen molar-refractivity contribution in [3.8, 4) is 12.3 Å². The maximum absolute atomic E-state index is 13.3. The maximum atomic E-state index is 13.3. The summed E-state index contributed by atoms with van der Waals surface area (Å²) >= 11 is 3.83. The average molecular weight is 1040 g/mol. The summed E-state index contributed by atoms with van der Waals surface area (Å²) in [5.41, 5.74) is 0.905. The van der Waals surface area contributed by atoms with Gasteiger partial charge in [-0.3, -0.25) is 39.6 Å². The van der Waals surface area contributed by atoms with Crippen LogP contribution < -0.4 is 53.2 Å². The molecule has 6 atom stereocenters. The lowest BCUT2D eigenvalue weighted by Gasteiger charge is -2.16. The molecular formula is C49H76N12O9S2. The van der Waals surface area contributed by atoms with Crippen LogP contribution in [-0.2, 0) is 38.2 Å². The SMILES string of the molecule is C#CCNC(=O)CCOCCOCCOCCNC(=O)c1cc(NC(=O)CCCCNC(=O)CCCCC2SCC3NC(=N)NC32)cc(NC(=O)CCCCNC(=O)CCCCC2SCC3NC(=N)NC32)c1. The number of carbonyl (C=O) groups is 6. The number of ether oxygens (including phenoxy) is 3. The Kier molecular flexibility index (Phi) is 26.2. The van der Waals surface area contributed by atoms with Crippen LogP contribution in [0.5, 0.6) is 0 Å². The number of thioether (sulfide) groups is 2. The van der Waals surface area contributed by atoms with Crippen LogP contribution in [-0.4, -0.2) is 159 Å². The number of anilines is 2. The molecular weight excluding hydrogens is 965 g/mol. The predicted octanol–water partition coefficient (Wildman–Crippen LogP) is 2.14. The minimum absolute atomic E-state index is 0.00984. The molecule has 4 aliphatic heterocycles. The molecule has 0 bridgehead atoms. The molecule has 5 rings (SSSR count). The summed E-state index contributed by atoms with van der Waals surface area (Å²) in [6, 6.07) is 5.88. The summed E-state index contributed by atoms with van der Waals surface area (Å²) in [5, 5.41) is 46.3. The van der Waals surface area contributed by atoms with E-state index in [-0.39, 0.29) is 99.4 Å². The molecule has 4 saturated heterocycles. The quantitative estimate of drug-likeness (QED) is 0.0339. The molecule has 0 aromatic heterocycles. The zero-order valence-electron chi connectivity index (χ0n) is 41.4. The van der Waals surface area contributed by atoms with E-state index < -0.39 is 5.91 Å². The molecule has 6 amide bonds. The van der Waals surface area contributed by atoms with Gasteiger partial charge < -0.3 is 67.4 Å². The number of guanidine groups is 2. The first kappa shape index (κ1) is 57.6. The summed E-state index contributed by atoms with van der Waals surface area (Å²) in [5.74, 6) is 3.94. The summed E-state index contributed by atoms with van der Waals surface area (Å²) < 4.78 is 16.4. The molecule has 4 fully saturated rings. The van der Waals surface area contributed by atoms with Gasteiger partial charge in [0.15, 0.2) is 11.9 Å². The normalized spacial score (nSPS) is 20.4. The van der Waals surface area contributed by atoms with Crippen molar-refractivity contribution < 1.29 is 43.0 Å². The summed E-state index contributed by atoms with van der Waals surface area (Å²) in [4.78, 5) is 75.9. The summed E-state index contributed by atoms with van der Waals surface area (Å²) in [7, 11) is 0. The van der Waals surface area contributed by atoms with Crippen LogP contribution in [0.3, 0.4) is 0 Å². The van der Waals surface area contributed by atoms with E-state index in [1.807, 2.05) is 23.5 Å². The molecule has 1 aromatic carbocycles. The standard InChI is InChI=1S/C49H76N12O9S2/c1-2-18-52-42(64)17-22-68-24-26-70-27-25-69-23-21-55-47(67)33-28-34(56-43(65)15-7-9-19-53-40(62)13-5-3-11-38-45-36(31-71-38)58-48(50)60-45)30-35(29-33)57-44(66)16-8-10-20-54-41(63)14-6-4-12-39-46-37(32-72-39)59-49(51)61-46/h1,28-30,36-39,45-46H,3-27,31-32H2,(H,52,64)(H,53,62)(H,54,63)(H,55,67)(H,56,65)(H,57,66)(H3,50,58,60)(H3,51,59,61). The Balaban J connectivity index is 0.966. The second kappa shape index (κ2) is 32.7.